The molecule has 0 aliphatic rings. The summed E-state index contributed by atoms with van der Waals surface area (Å²) in [6, 6.07) is 17.2. The van der Waals surface area contributed by atoms with E-state index in [-0.39, 0.29) is 35.5 Å². The van der Waals surface area contributed by atoms with Crippen LogP contribution in [-0.4, -0.2) is 43.8 Å². The third-order valence-electron chi connectivity index (χ3n) is 6.71. The zero-order chi connectivity index (χ0) is 29.4. The Kier molecular flexibility index (Phi) is 10.7. The number of sulfonamides is 1. The van der Waals surface area contributed by atoms with Crippen molar-refractivity contribution in [3.8, 4) is 0 Å². The molecule has 3 rings (SSSR count). The third kappa shape index (κ3) is 7.61. The Bertz CT molecular complexity index is 1420. The highest BCUT2D eigenvalue weighted by molar-refractivity contribution is 7.92. The van der Waals surface area contributed by atoms with Gasteiger partial charge in [-0.2, -0.15) is 0 Å². The van der Waals surface area contributed by atoms with Crippen molar-refractivity contribution in [2.24, 2.45) is 0 Å². The predicted molar refractivity (Wildman–Crippen MR) is 156 cm³/mol. The number of anilines is 1. The molecule has 10 heteroatoms. The van der Waals surface area contributed by atoms with Gasteiger partial charge in [0.05, 0.1) is 10.6 Å². The molecule has 2 atom stereocenters. The summed E-state index contributed by atoms with van der Waals surface area (Å²) in [7, 11) is -4.19. The molecule has 3 aromatic rings. The summed E-state index contributed by atoms with van der Waals surface area (Å²) in [5.74, 6) is -1.37. The molecule has 0 aromatic heterocycles. The van der Waals surface area contributed by atoms with E-state index in [9.17, 15) is 22.4 Å². The number of nitrogens with zero attached hydrogens (tertiary/aromatic N) is 2. The van der Waals surface area contributed by atoms with Crippen LogP contribution in [0.25, 0.3) is 0 Å². The van der Waals surface area contributed by atoms with Crippen LogP contribution in [0, 0.1) is 12.7 Å². The van der Waals surface area contributed by atoms with Gasteiger partial charge in [0.1, 0.15) is 18.4 Å². The van der Waals surface area contributed by atoms with Gasteiger partial charge >= 0.3 is 0 Å². The minimum Gasteiger partial charge on any atom is -0.352 e. The van der Waals surface area contributed by atoms with Crippen LogP contribution in [0.1, 0.15) is 44.7 Å². The minimum absolute atomic E-state index is 0.00568. The first-order valence-corrected chi connectivity index (χ1v) is 15.0. The fraction of sp³-hybridized carbons (Fsp3) is 0.333. The first-order chi connectivity index (χ1) is 19.0. The number of hydrogen-bond acceptors (Lipinski definition) is 4. The number of aryl methyl sites for hydroxylation is 1. The van der Waals surface area contributed by atoms with E-state index in [0.717, 1.165) is 9.87 Å². The van der Waals surface area contributed by atoms with Crippen LogP contribution < -0.4 is 9.62 Å². The van der Waals surface area contributed by atoms with Crippen molar-refractivity contribution in [2.75, 3.05) is 10.8 Å². The van der Waals surface area contributed by atoms with E-state index >= 15 is 0 Å². The molecule has 2 amide bonds. The summed E-state index contributed by atoms with van der Waals surface area (Å²) in [6.45, 7) is 6.78. The molecule has 7 nitrogen and oxygen atoms in total. The Morgan fingerprint density at radius 2 is 1.62 bits per heavy atom. The lowest BCUT2D eigenvalue weighted by atomic mass is 10.1. The SMILES string of the molecule is CC[C@@H](C)NC(=O)[C@@H](CC)N(Cc1ccc(F)cc1)C(=O)CN(c1ccc(C)c(Cl)c1)S(=O)(=O)c1ccccc1. The zero-order valence-electron chi connectivity index (χ0n) is 23.1. The molecule has 1 N–H and O–H groups in total. The number of halogens is 2. The van der Waals surface area contributed by atoms with Crippen molar-refractivity contribution >= 4 is 39.1 Å². The van der Waals surface area contributed by atoms with Gasteiger partial charge in [-0.25, -0.2) is 12.8 Å². The van der Waals surface area contributed by atoms with Crippen molar-refractivity contribution in [2.45, 2.75) is 64.1 Å². The van der Waals surface area contributed by atoms with Crippen LogP contribution in [0.5, 0.6) is 0 Å². The molecule has 0 fully saturated rings. The van der Waals surface area contributed by atoms with E-state index in [1.54, 1.807) is 44.2 Å². The maximum absolute atomic E-state index is 14.0. The summed E-state index contributed by atoms with van der Waals surface area (Å²) in [4.78, 5) is 28.7. The quantitative estimate of drug-likeness (QED) is 0.294. The molecule has 0 saturated heterocycles. The van der Waals surface area contributed by atoms with Gasteiger partial charge in [-0.15, -0.1) is 0 Å². The number of benzene rings is 3. The number of nitrogens with one attached hydrogen (secondary N) is 1. The second-order valence-electron chi connectivity index (χ2n) is 9.65. The monoisotopic (exact) mass is 587 g/mol. The molecule has 40 heavy (non-hydrogen) atoms. The van der Waals surface area contributed by atoms with Crippen LogP contribution in [0.15, 0.2) is 77.7 Å². The highest BCUT2D eigenvalue weighted by Gasteiger charge is 2.34. The summed E-state index contributed by atoms with van der Waals surface area (Å²) in [5.41, 5.74) is 1.56. The van der Waals surface area contributed by atoms with Gasteiger partial charge < -0.3 is 10.2 Å². The lowest BCUT2D eigenvalue weighted by Crippen LogP contribution is -2.53. The van der Waals surface area contributed by atoms with Crippen LogP contribution >= 0.6 is 11.6 Å². The van der Waals surface area contributed by atoms with E-state index in [4.69, 9.17) is 11.6 Å². The van der Waals surface area contributed by atoms with Gasteiger partial charge in [0, 0.05) is 17.6 Å². The van der Waals surface area contributed by atoms with Gasteiger partial charge in [0.25, 0.3) is 10.0 Å². The van der Waals surface area contributed by atoms with E-state index in [1.165, 1.54) is 47.4 Å². The number of hydrogen-bond donors (Lipinski definition) is 1. The molecule has 0 saturated carbocycles. The molecule has 214 valence electrons. The Labute approximate surface area is 241 Å². The lowest BCUT2D eigenvalue weighted by Gasteiger charge is -2.33. The minimum atomic E-state index is -4.19. The number of carbonyl (C=O) groups excluding carboxylic acids is 2. The highest BCUT2D eigenvalue weighted by Crippen LogP contribution is 2.28. The van der Waals surface area contributed by atoms with E-state index < -0.39 is 34.3 Å². The second-order valence-corrected chi connectivity index (χ2v) is 11.9. The van der Waals surface area contributed by atoms with Gasteiger partial charge in [-0.3, -0.25) is 13.9 Å². The second kappa shape index (κ2) is 13.8. The van der Waals surface area contributed by atoms with Crippen LogP contribution in [0.2, 0.25) is 5.02 Å². The summed E-state index contributed by atoms with van der Waals surface area (Å²) >= 11 is 6.35. The number of carbonyl (C=O) groups is 2. The first kappa shape index (κ1) is 31.1. The van der Waals surface area contributed by atoms with Crippen molar-refractivity contribution in [3.63, 3.8) is 0 Å². The van der Waals surface area contributed by atoms with Gasteiger partial charge in [0.15, 0.2) is 0 Å². The number of amides is 2. The van der Waals surface area contributed by atoms with Crippen molar-refractivity contribution in [3.05, 3.63) is 94.8 Å². The van der Waals surface area contributed by atoms with Crippen LogP contribution in [0.4, 0.5) is 10.1 Å². The van der Waals surface area contributed by atoms with Gasteiger partial charge in [-0.05, 0) is 74.2 Å². The molecule has 0 aliphatic carbocycles. The lowest BCUT2D eigenvalue weighted by molar-refractivity contribution is -0.140. The average molecular weight is 588 g/mol. The van der Waals surface area contributed by atoms with Gasteiger partial charge in [-0.1, -0.05) is 61.8 Å². The summed E-state index contributed by atoms with van der Waals surface area (Å²) in [5, 5.41) is 3.27. The smallest absolute Gasteiger partial charge is 0.264 e. The Morgan fingerprint density at radius 3 is 2.20 bits per heavy atom. The van der Waals surface area contributed by atoms with E-state index in [2.05, 4.69) is 5.32 Å². The predicted octanol–water partition coefficient (Wildman–Crippen LogP) is 5.70. The molecular weight excluding hydrogens is 553 g/mol. The fourth-order valence-electron chi connectivity index (χ4n) is 4.13. The van der Waals surface area contributed by atoms with E-state index in [1.807, 2.05) is 13.8 Å². The van der Waals surface area contributed by atoms with E-state index in [0.29, 0.717) is 17.0 Å². The summed E-state index contributed by atoms with van der Waals surface area (Å²) < 4.78 is 42.3. The zero-order valence-corrected chi connectivity index (χ0v) is 24.7. The molecule has 0 spiro atoms. The Balaban J connectivity index is 2.06. The Hall–Kier alpha value is -3.43. The van der Waals surface area contributed by atoms with Gasteiger partial charge in [0.2, 0.25) is 11.8 Å². The topological polar surface area (TPSA) is 86.8 Å². The standard InChI is InChI=1S/C30H35ClFN3O4S/c1-5-22(4)33-30(37)28(6-2)34(19-23-13-15-24(32)16-14-23)29(36)20-35(25-17-12-21(3)27(31)18-25)40(38,39)26-10-8-7-9-11-26/h7-18,22,28H,5-6,19-20H2,1-4H3,(H,33,37)/t22-,28-/m1/s1. The van der Waals surface area contributed by atoms with Crippen LogP contribution in [-0.2, 0) is 26.2 Å². The molecule has 0 aliphatic heterocycles. The fourth-order valence-corrected chi connectivity index (χ4v) is 5.73. The van der Waals surface area contributed by atoms with Crippen LogP contribution in [0.3, 0.4) is 0 Å². The number of rotatable bonds is 12. The van der Waals surface area contributed by atoms with Crippen molar-refractivity contribution < 1.29 is 22.4 Å². The Morgan fingerprint density at radius 1 is 0.975 bits per heavy atom. The van der Waals surface area contributed by atoms with Crippen molar-refractivity contribution in [1.82, 2.24) is 10.2 Å². The summed E-state index contributed by atoms with van der Waals surface area (Å²) in [6.07, 6.45) is 0.988. The molecule has 0 bridgehead atoms. The molecule has 0 radical (unpaired) electrons. The molecule has 0 unspecified atom stereocenters. The average Bonchev–Trinajstić information content (AvgIpc) is 2.94. The largest absolute Gasteiger partial charge is 0.352 e. The highest BCUT2D eigenvalue weighted by atomic mass is 35.5. The van der Waals surface area contributed by atoms with Crippen molar-refractivity contribution in [1.29, 1.82) is 0 Å². The normalized spacial score (nSPS) is 12.8. The third-order valence-corrected chi connectivity index (χ3v) is 8.90. The molecule has 3 aromatic carbocycles. The molecular formula is C30H35ClFN3O4S. The molecule has 0 heterocycles. The maximum atomic E-state index is 14.0. The maximum Gasteiger partial charge on any atom is 0.264 e. The first-order valence-electron chi connectivity index (χ1n) is 13.2.